The molecule has 5 rings (SSSR count). The number of fused-ring (bicyclic) bond motifs is 1. The van der Waals surface area contributed by atoms with Crippen LogP contribution in [-0.2, 0) is 7.05 Å². The third-order valence-corrected chi connectivity index (χ3v) is 7.77. The van der Waals surface area contributed by atoms with Gasteiger partial charge in [0.25, 0.3) is 5.91 Å². The highest BCUT2D eigenvalue weighted by molar-refractivity contribution is 9.10. The molecule has 2 amide bonds. The summed E-state index contributed by atoms with van der Waals surface area (Å²) in [5, 5.41) is 24.0. The molecule has 3 aromatic rings. The van der Waals surface area contributed by atoms with Gasteiger partial charge in [-0.3, -0.25) is 4.79 Å². The SMILES string of the molecule is Cn1cnc2c(F)c(Nc3ccc(Br)cc3Cl)c(C(=O)N3CC(O)([C@@H]4CCCCN4C(=O)O)C3)cc21. The van der Waals surface area contributed by atoms with Gasteiger partial charge in [0.1, 0.15) is 11.1 Å². The average molecular weight is 581 g/mol. The fraction of sp³-hybridized carbons (Fsp3) is 0.375. The van der Waals surface area contributed by atoms with Crippen molar-refractivity contribution in [2.75, 3.05) is 25.0 Å². The molecule has 0 aliphatic carbocycles. The molecule has 36 heavy (non-hydrogen) atoms. The first kappa shape index (κ1) is 24.8. The lowest BCUT2D eigenvalue weighted by Gasteiger charge is -2.54. The number of β-amino-alcohol motifs (C(OH)–C–C–N with tert-alkyl or cyclic N) is 1. The zero-order valence-electron chi connectivity index (χ0n) is 19.3. The summed E-state index contributed by atoms with van der Waals surface area (Å²) in [4.78, 5) is 32.1. The molecule has 2 aliphatic rings. The van der Waals surface area contributed by atoms with Crippen molar-refractivity contribution in [1.82, 2.24) is 19.4 Å². The lowest BCUT2D eigenvalue weighted by atomic mass is 9.80. The van der Waals surface area contributed by atoms with Gasteiger partial charge in [-0.05, 0) is 43.5 Å². The number of aliphatic hydroxyl groups is 1. The zero-order chi connectivity index (χ0) is 25.8. The summed E-state index contributed by atoms with van der Waals surface area (Å²) in [6, 6.07) is 6.01. The highest BCUT2D eigenvalue weighted by atomic mass is 79.9. The van der Waals surface area contributed by atoms with E-state index in [0.717, 1.165) is 17.3 Å². The predicted molar refractivity (Wildman–Crippen MR) is 136 cm³/mol. The van der Waals surface area contributed by atoms with E-state index in [1.165, 1.54) is 16.1 Å². The van der Waals surface area contributed by atoms with Gasteiger partial charge in [-0.1, -0.05) is 27.5 Å². The zero-order valence-corrected chi connectivity index (χ0v) is 21.7. The number of piperidine rings is 1. The van der Waals surface area contributed by atoms with E-state index in [9.17, 15) is 19.8 Å². The van der Waals surface area contributed by atoms with Gasteiger partial charge < -0.3 is 29.9 Å². The number of halogens is 3. The molecule has 0 radical (unpaired) electrons. The second-order valence-corrected chi connectivity index (χ2v) is 10.7. The number of hydrogen-bond acceptors (Lipinski definition) is 5. The van der Waals surface area contributed by atoms with Crippen molar-refractivity contribution in [2.45, 2.75) is 30.9 Å². The van der Waals surface area contributed by atoms with Crippen molar-refractivity contribution in [2.24, 2.45) is 7.05 Å². The summed E-state index contributed by atoms with van der Waals surface area (Å²) < 4.78 is 18.0. The minimum atomic E-state index is -1.35. The number of nitrogens with one attached hydrogen (secondary N) is 1. The molecule has 0 saturated carbocycles. The van der Waals surface area contributed by atoms with Crippen molar-refractivity contribution in [3.8, 4) is 0 Å². The molecule has 12 heteroatoms. The molecule has 2 fully saturated rings. The van der Waals surface area contributed by atoms with Crippen molar-refractivity contribution < 1.29 is 24.2 Å². The summed E-state index contributed by atoms with van der Waals surface area (Å²) in [6.45, 7) is 0.244. The number of anilines is 2. The van der Waals surface area contributed by atoms with Gasteiger partial charge in [0.2, 0.25) is 0 Å². The van der Waals surface area contributed by atoms with Crippen LogP contribution in [0, 0.1) is 5.82 Å². The van der Waals surface area contributed by atoms with Crippen LogP contribution in [0.25, 0.3) is 11.0 Å². The summed E-state index contributed by atoms with van der Waals surface area (Å²) >= 11 is 9.67. The summed E-state index contributed by atoms with van der Waals surface area (Å²) in [6.07, 6.45) is 2.44. The standard InChI is InChI=1S/C24H24BrClFN5O4/c1-30-12-28-21-17(30)9-14(20(19(21)27)29-16-6-5-13(25)8-15(16)26)22(33)31-10-24(36,11-31)18-4-2-3-7-32(18)23(34)35/h5-6,8-9,12,18,29,36H,2-4,7,10-11H2,1H3,(H,34,35)/t18-/m0/s1. The Bertz CT molecular complexity index is 1380. The van der Waals surface area contributed by atoms with Gasteiger partial charge in [0.15, 0.2) is 5.82 Å². The fourth-order valence-corrected chi connectivity index (χ4v) is 5.82. The van der Waals surface area contributed by atoms with E-state index in [1.54, 1.807) is 35.9 Å². The smallest absolute Gasteiger partial charge is 0.407 e. The average Bonchev–Trinajstić information content (AvgIpc) is 3.20. The summed E-state index contributed by atoms with van der Waals surface area (Å²) in [5.41, 5.74) is -0.430. The Balaban J connectivity index is 1.48. The molecule has 0 spiro atoms. The number of carbonyl (C=O) groups excluding carboxylic acids is 1. The highest BCUT2D eigenvalue weighted by Crippen LogP contribution is 2.38. The van der Waals surface area contributed by atoms with Gasteiger partial charge in [0.05, 0.1) is 52.9 Å². The van der Waals surface area contributed by atoms with Crippen LogP contribution in [0.1, 0.15) is 29.6 Å². The Kier molecular flexibility index (Phi) is 6.34. The molecule has 2 saturated heterocycles. The van der Waals surface area contributed by atoms with Crippen LogP contribution in [0.5, 0.6) is 0 Å². The number of aromatic nitrogens is 2. The van der Waals surface area contributed by atoms with E-state index in [4.69, 9.17) is 11.6 Å². The quantitative estimate of drug-likeness (QED) is 0.416. The third kappa shape index (κ3) is 4.18. The van der Waals surface area contributed by atoms with Gasteiger partial charge in [0, 0.05) is 18.1 Å². The second kappa shape index (κ2) is 9.20. The number of hydrogen-bond donors (Lipinski definition) is 3. The number of aryl methyl sites for hydroxylation is 1. The number of nitrogens with zero attached hydrogens (tertiary/aromatic N) is 4. The third-order valence-electron chi connectivity index (χ3n) is 6.97. The van der Waals surface area contributed by atoms with Crippen LogP contribution < -0.4 is 5.32 Å². The number of likely N-dealkylation sites (tertiary alicyclic amines) is 2. The molecule has 0 unspecified atom stereocenters. The summed E-state index contributed by atoms with van der Waals surface area (Å²) in [5.74, 6) is -1.19. The predicted octanol–water partition coefficient (Wildman–Crippen LogP) is 4.59. The largest absolute Gasteiger partial charge is 0.465 e. The molecule has 2 aliphatic heterocycles. The van der Waals surface area contributed by atoms with Gasteiger partial charge in [-0.25, -0.2) is 14.2 Å². The van der Waals surface area contributed by atoms with Crippen molar-refractivity contribution in [3.63, 3.8) is 0 Å². The molecular formula is C24H24BrClFN5O4. The topological polar surface area (TPSA) is 111 Å². The Labute approximate surface area is 219 Å². The number of amides is 2. The first-order valence-electron chi connectivity index (χ1n) is 11.5. The maximum absolute atomic E-state index is 15.7. The maximum atomic E-state index is 15.7. The number of carboxylic acid groups (broad SMARTS) is 1. The molecule has 0 bridgehead atoms. The molecular weight excluding hydrogens is 557 g/mol. The van der Waals surface area contributed by atoms with E-state index >= 15 is 4.39 Å². The Morgan fingerprint density at radius 1 is 1.28 bits per heavy atom. The minimum absolute atomic E-state index is 0.0518. The monoisotopic (exact) mass is 579 g/mol. The number of rotatable bonds is 4. The Hall–Kier alpha value is -2.89. The van der Waals surface area contributed by atoms with E-state index in [2.05, 4.69) is 26.2 Å². The lowest BCUT2D eigenvalue weighted by molar-refractivity contribution is -0.133. The van der Waals surface area contributed by atoms with Crippen LogP contribution in [0.15, 0.2) is 35.1 Å². The summed E-state index contributed by atoms with van der Waals surface area (Å²) in [7, 11) is 1.70. The number of benzene rings is 2. The highest BCUT2D eigenvalue weighted by Gasteiger charge is 2.53. The molecule has 3 N–H and O–H groups in total. The Morgan fingerprint density at radius 2 is 2.03 bits per heavy atom. The second-order valence-electron chi connectivity index (χ2n) is 9.34. The molecule has 190 valence electrons. The first-order valence-corrected chi connectivity index (χ1v) is 12.6. The fourth-order valence-electron chi connectivity index (χ4n) is 5.10. The lowest BCUT2D eigenvalue weighted by Crippen LogP contribution is -2.72. The van der Waals surface area contributed by atoms with Crippen LogP contribution in [0.3, 0.4) is 0 Å². The van der Waals surface area contributed by atoms with Gasteiger partial charge >= 0.3 is 6.09 Å². The molecule has 2 aromatic carbocycles. The number of carbonyl (C=O) groups is 2. The maximum Gasteiger partial charge on any atom is 0.407 e. The van der Waals surface area contributed by atoms with E-state index in [1.807, 2.05) is 0 Å². The van der Waals surface area contributed by atoms with Crippen molar-refractivity contribution in [1.29, 1.82) is 0 Å². The molecule has 1 atom stereocenters. The van der Waals surface area contributed by atoms with E-state index in [-0.39, 0.29) is 29.9 Å². The van der Waals surface area contributed by atoms with Crippen LogP contribution in [0.4, 0.5) is 20.6 Å². The first-order chi connectivity index (χ1) is 17.1. The molecule has 1 aromatic heterocycles. The van der Waals surface area contributed by atoms with E-state index < -0.39 is 29.5 Å². The number of imidazole rings is 1. The van der Waals surface area contributed by atoms with Crippen LogP contribution in [-0.4, -0.2) is 72.8 Å². The molecule has 3 heterocycles. The molecule has 9 nitrogen and oxygen atoms in total. The van der Waals surface area contributed by atoms with Crippen molar-refractivity contribution in [3.05, 3.63) is 51.5 Å². The van der Waals surface area contributed by atoms with Crippen LogP contribution >= 0.6 is 27.5 Å². The van der Waals surface area contributed by atoms with Gasteiger partial charge in [-0.15, -0.1) is 0 Å². The van der Waals surface area contributed by atoms with Crippen LogP contribution in [0.2, 0.25) is 5.02 Å². The van der Waals surface area contributed by atoms with E-state index in [0.29, 0.717) is 29.2 Å². The normalized spacial score (nSPS) is 19.3. The Morgan fingerprint density at radius 3 is 2.72 bits per heavy atom. The van der Waals surface area contributed by atoms with Crippen molar-refractivity contribution >= 4 is 61.9 Å². The minimum Gasteiger partial charge on any atom is -0.465 e. The van der Waals surface area contributed by atoms with Gasteiger partial charge in [-0.2, -0.15) is 0 Å².